The molecule has 30 heavy (non-hydrogen) atoms. The van der Waals surface area contributed by atoms with Crippen molar-refractivity contribution in [2.45, 2.75) is 18.9 Å². The fraction of sp³-hybridized carbons (Fsp3) is 0.208. The van der Waals surface area contributed by atoms with E-state index in [2.05, 4.69) is 10.3 Å². The number of hydrogen-bond donors (Lipinski definition) is 1. The van der Waals surface area contributed by atoms with Gasteiger partial charge in [-0.2, -0.15) is 0 Å². The van der Waals surface area contributed by atoms with Gasteiger partial charge in [0.1, 0.15) is 6.04 Å². The van der Waals surface area contributed by atoms with Crippen molar-refractivity contribution in [2.24, 2.45) is 0 Å². The zero-order valence-electron chi connectivity index (χ0n) is 16.4. The first-order valence-corrected chi connectivity index (χ1v) is 10.3. The van der Waals surface area contributed by atoms with E-state index in [4.69, 9.17) is 11.6 Å². The minimum absolute atomic E-state index is 0.114. The summed E-state index contributed by atoms with van der Waals surface area (Å²) in [6, 6.07) is 20.0. The Morgan fingerprint density at radius 3 is 2.67 bits per heavy atom. The van der Waals surface area contributed by atoms with Crippen LogP contribution in [0.2, 0.25) is 5.02 Å². The monoisotopic (exact) mass is 419 g/mol. The van der Waals surface area contributed by atoms with Crippen LogP contribution in [0.1, 0.15) is 33.2 Å². The first kappa shape index (κ1) is 20.1. The molecule has 0 bridgehead atoms. The van der Waals surface area contributed by atoms with Crippen molar-refractivity contribution in [3.05, 3.63) is 100 Å². The van der Waals surface area contributed by atoms with Gasteiger partial charge in [0.15, 0.2) is 0 Å². The van der Waals surface area contributed by atoms with E-state index < -0.39 is 6.04 Å². The quantitative estimate of drug-likeness (QED) is 0.633. The minimum atomic E-state index is -0.628. The van der Waals surface area contributed by atoms with E-state index in [1.165, 1.54) is 0 Å². The minimum Gasteiger partial charge on any atom is -0.354 e. The summed E-state index contributed by atoms with van der Waals surface area (Å²) >= 11 is 6.03. The van der Waals surface area contributed by atoms with Gasteiger partial charge in [0, 0.05) is 42.0 Å². The normalized spacial score (nSPS) is 15.2. The molecule has 4 rings (SSSR count). The van der Waals surface area contributed by atoms with Gasteiger partial charge in [0.25, 0.3) is 5.91 Å². The lowest BCUT2D eigenvalue weighted by atomic mass is 10.0. The molecule has 1 atom stereocenters. The molecule has 0 saturated carbocycles. The highest BCUT2D eigenvalue weighted by Crippen LogP contribution is 2.33. The van der Waals surface area contributed by atoms with Crippen LogP contribution in [-0.4, -0.2) is 34.8 Å². The molecule has 0 aliphatic carbocycles. The number of pyridine rings is 1. The number of rotatable bonds is 7. The van der Waals surface area contributed by atoms with Gasteiger partial charge in [0.05, 0.1) is 0 Å². The summed E-state index contributed by atoms with van der Waals surface area (Å²) in [6.45, 7) is 0.900. The molecule has 0 fully saturated rings. The number of benzene rings is 2. The lowest BCUT2D eigenvalue weighted by Crippen LogP contribution is -2.40. The Morgan fingerprint density at radius 2 is 1.87 bits per heavy atom. The van der Waals surface area contributed by atoms with Gasteiger partial charge in [-0.05, 0) is 47.9 Å². The highest BCUT2D eigenvalue weighted by atomic mass is 35.5. The Hall–Kier alpha value is -3.18. The van der Waals surface area contributed by atoms with Crippen LogP contribution in [0.25, 0.3) is 0 Å². The number of nitrogens with zero attached hydrogens (tertiary/aromatic N) is 2. The van der Waals surface area contributed by atoms with Crippen LogP contribution < -0.4 is 5.32 Å². The fourth-order valence-corrected chi connectivity index (χ4v) is 4.00. The summed E-state index contributed by atoms with van der Waals surface area (Å²) in [6.07, 6.45) is 2.99. The molecule has 1 aliphatic heterocycles. The summed E-state index contributed by atoms with van der Waals surface area (Å²) < 4.78 is 0. The summed E-state index contributed by atoms with van der Waals surface area (Å²) in [7, 11) is 0. The van der Waals surface area contributed by atoms with Crippen LogP contribution in [0.15, 0.2) is 72.9 Å². The van der Waals surface area contributed by atoms with Gasteiger partial charge < -0.3 is 10.2 Å². The van der Waals surface area contributed by atoms with Crippen LogP contribution in [0.5, 0.6) is 0 Å². The Bertz CT molecular complexity index is 1060. The number of nitrogens with one attached hydrogen (secondary N) is 1. The molecular formula is C24H22ClN3O2. The number of halogens is 1. The molecule has 1 N–H and O–H groups in total. The first-order valence-electron chi connectivity index (χ1n) is 9.95. The number of amides is 2. The average Bonchev–Trinajstić information content (AvgIpc) is 3.05. The van der Waals surface area contributed by atoms with Crippen LogP contribution in [-0.2, 0) is 17.6 Å². The van der Waals surface area contributed by atoms with Crippen molar-refractivity contribution in [3.63, 3.8) is 0 Å². The zero-order valence-corrected chi connectivity index (χ0v) is 17.2. The third-order valence-corrected chi connectivity index (χ3v) is 5.48. The van der Waals surface area contributed by atoms with Crippen molar-refractivity contribution in [1.29, 1.82) is 0 Å². The molecule has 3 aromatic rings. The maximum Gasteiger partial charge on any atom is 0.255 e. The van der Waals surface area contributed by atoms with E-state index in [0.29, 0.717) is 36.5 Å². The lowest BCUT2D eigenvalue weighted by molar-refractivity contribution is -0.125. The van der Waals surface area contributed by atoms with Gasteiger partial charge in [-0.3, -0.25) is 14.6 Å². The van der Waals surface area contributed by atoms with Crippen molar-refractivity contribution < 1.29 is 9.59 Å². The molecule has 0 radical (unpaired) electrons. The smallest absolute Gasteiger partial charge is 0.255 e. The zero-order chi connectivity index (χ0) is 20.9. The summed E-state index contributed by atoms with van der Waals surface area (Å²) in [5.41, 5.74) is 3.29. The van der Waals surface area contributed by atoms with Crippen molar-refractivity contribution in [1.82, 2.24) is 15.2 Å². The maximum absolute atomic E-state index is 13.1. The topological polar surface area (TPSA) is 62.3 Å². The van der Waals surface area contributed by atoms with E-state index in [1.807, 2.05) is 60.7 Å². The van der Waals surface area contributed by atoms with Gasteiger partial charge in [-0.15, -0.1) is 0 Å². The molecule has 5 nitrogen and oxygen atoms in total. The summed E-state index contributed by atoms with van der Waals surface area (Å²) in [5.74, 6) is -0.284. The average molecular weight is 420 g/mol. The van der Waals surface area contributed by atoms with Gasteiger partial charge in [-0.25, -0.2) is 0 Å². The molecule has 1 unspecified atom stereocenters. The standard InChI is InChI=1S/C24H22ClN3O2/c25-18-7-5-6-17(16-18)11-14-27-23(29)22-20-9-1-2-10-21(20)24(30)28(22)15-12-19-8-3-4-13-26-19/h1-10,13,16,22H,11-12,14-15H2,(H,27,29). The molecule has 0 spiro atoms. The molecule has 1 aliphatic rings. The van der Waals surface area contributed by atoms with Crippen LogP contribution >= 0.6 is 11.6 Å². The van der Waals surface area contributed by atoms with E-state index in [1.54, 1.807) is 17.2 Å². The van der Waals surface area contributed by atoms with E-state index in [-0.39, 0.29) is 11.8 Å². The van der Waals surface area contributed by atoms with Gasteiger partial charge in [-0.1, -0.05) is 48.0 Å². The second-order valence-corrected chi connectivity index (χ2v) is 7.67. The number of carbonyl (C=O) groups excluding carboxylic acids is 2. The lowest BCUT2D eigenvalue weighted by Gasteiger charge is -2.24. The largest absolute Gasteiger partial charge is 0.354 e. The first-order chi connectivity index (χ1) is 14.6. The molecule has 1 aromatic heterocycles. The van der Waals surface area contributed by atoms with E-state index >= 15 is 0 Å². The predicted octanol–water partition coefficient (Wildman–Crippen LogP) is 3.83. The molecule has 6 heteroatoms. The Balaban J connectivity index is 1.47. The highest BCUT2D eigenvalue weighted by molar-refractivity contribution is 6.30. The van der Waals surface area contributed by atoms with E-state index in [0.717, 1.165) is 16.8 Å². The molecule has 2 aromatic carbocycles. The number of carbonyl (C=O) groups is 2. The van der Waals surface area contributed by atoms with Gasteiger partial charge >= 0.3 is 0 Å². The second-order valence-electron chi connectivity index (χ2n) is 7.23. The Morgan fingerprint density at radius 1 is 1.03 bits per heavy atom. The van der Waals surface area contributed by atoms with Crippen molar-refractivity contribution in [2.75, 3.05) is 13.1 Å². The number of aromatic nitrogens is 1. The third kappa shape index (κ3) is 4.36. The van der Waals surface area contributed by atoms with Gasteiger partial charge in [0.2, 0.25) is 5.91 Å². The molecule has 2 amide bonds. The Kier molecular flexibility index (Phi) is 6.10. The molecule has 152 valence electrons. The van der Waals surface area contributed by atoms with E-state index in [9.17, 15) is 9.59 Å². The molecular weight excluding hydrogens is 398 g/mol. The summed E-state index contributed by atoms with van der Waals surface area (Å²) in [4.78, 5) is 32.0. The molecule has 2 heterocycles. The van der Waals surface area contributed by atoms with Crippen LogP contribution in [0.3, 0.4) is 0 Å². The summed E-state index contributed by atoms with van der Waals surface area (Å²) in [5, 5.41) is 3.67. The Labute approximate surface area is 180 Å². The predicted molar refractivity (Wildman–Crippen MR) is 116 cm³/mol. The highest BCUT2D eigenvalue weighted by Gasteiger charge is 2.40. The number of hydrogen-bond acceptors (Lipinski definition) is 3. The fourth-order valence-electron chi connectivity index (χ4n) is 3.78. The number of fused-ring (bicyclic) bond motifs is 1. The van der Waals surface area contributed by atoms with Crippen molar-refractivity contribution >= 4 is 23.4 Å². The maximum atomic E-state index is 13.1. The van der Waals surface area contributed by atoms with Crippen molar-refractivity contribution in [3.8, 4) is 0 Å². The third-order valence-electron chi connectivity index (χ3n) is 5.24. The van der Waals surface area contributed by atoms with Crippen LogP contribution in [0, 0.1) is 0 Å². The van der Waals surface area contributed by atoms with Crippen LogP contribution in [0.4, 0.5) is 0 Å². The second kappa shape index (κ2) is 9.09. The molecule has 0 saturated heterocycles. The SMILES string of the molecule is O=C(NCCc1cccc(Cl)c1)C1c2ccccc2C(=O)N1CCc1ccccn1.